The Bertz CT molecular complexity index is 829. The van der Waals surface area contributed by atoms with E-state index in [0.29, 0.717) is 12.1 Å². The lowest BCUT2D eigenvalue weighted by Gasteiger charge is -2.42. The lowest BCUT2D eigenvalue weighted by atomic mass is 9.95. The molecule has 9 heteroatoms. The van der Waals surface area contributed by atoms with E-state index >= 15 is 0 Å². The summed E-state index contributed by atoms with van der Waals surface area (Å²) < 4.78 is 5.23. The summed E-state index contributed by atoms with van der Waals surface area (Å²) in [5.74, 6) is -1.12. The molecular formula is C25H41N3O6. The minimum absolute atomic E-state index is 0.0480. The van der Waals surface area contributed by atoms with Crippen LogP contribution >= 0.6 is 0 Å². The van der Waals surface area contributed by atoms with Crippen molar-refractivity contribution in [3.05, 3.63) is 29.8 Å². The quantitative estimate of drug-likeness (QED) is 0.381. The number of aliphatic hydroxyl groups excluding tert-OH is 1. The van der Waals surface area contributed by atoms with Gasteiger partial charge in [-0.05, 0) is 65.7 Å². The van der Waals surface area contributed by atoms with Crippen molar-refractivity contribution >= 4 is 17.9 Å². The van der Waals surface area contributed by atoms with E-state index in [1.54, 1.807) is 53.7 Å². The number of aliphatic hydroxyl groups is 1. The van der Waals surface area contributed by atoms with Gasteiger partial charge >= 0.3 is 6.09 Å². The lowest BCUT2D eigenvalue weighted by molar-refractivity contribution is -0.149. The number of carbonyl (C=O) groups excluding carboxylic acids is 3. The zero-order valence-corrected chi connectivity index (χ0v) is 21.5. The van der Waals surface area contributed by atoms with Gasteiger partial charge in [-0.1, -0.05) is 31.9 Å². The van der Waals surface area contributed by atoms with Crippen molar-refractivity contribution in [1.82, 2.24) is 15.5 Å². The minimum atomic E-state index is -1.33. The first-order chi connectivity index (χ1) is 15.7. The van der Waals surface area contributed by atoms with Gasteiger partial charge in [0, 0.05) is 12.1 Å². The molecule has 0 saturated heterocycles. The predicted molar refractivity (Wildman–Crippen MR) is 130 cm³/mol. The number of ether oxygens (including phenoxy) is 1. The number of alkyl carbamates (subject to hydrolysis) is 1. The Morgan fingerprint density at radius 1 is 1.09 bits per heavy atom. The molecule has 192 valence electrons. The average Bonchev–Trinajstić information content (AvgIpc) is 2.70. The molecule has 34 heavy (non-hydrogen) atoms. The third-order valence-corrected chi connectivity index (χ3v) is 4.90. The van der Waals surface area contributed by atoms with Crippen molar-refractivity contribution in [3.8, 4) is 5.75 Å². The minimum Gasteiger partial charge on any atom is -0.508 e. The maximum atomic E-state index is 13.7. The van der Waals surface area contributed by atoms with Crippen LogP contribution in [-0.2, 0) is 14.3 Å². The Hall–Kier alpha value is -2.81. The molecule has 4 N–H and O–H groups in total. The first-order valence-corrected chi connectivity index (χ1v) is 11.7. The Morgan fingerprint density at radius 3 is 2.24 bits per heavy atom. The molecule has 0 radical (unpaired) electrons. The smallest absolute Gasteiger partial charge is 0.408 e. The number of rotatable bonds is 10. The predicted octanol–water partition coefficient (Wildman–Crippen LogP) is 3.25. The van der Waals surface area contributed by atoms with Gasteiger partial charge in [-0.2, -0.15) is 0 Å². The van der Waals surface area contributed by atoms with Crippen molar-refractivity contribution in [3.63, 3.8) is 0 Å². The number of nitrogens with zero attached hydrogens (tertiary/aromatic N) is 1. The number of hydrogen-bond donors (Lipinski definition) is 4. The molecule has 1 rings (SSSR count). The van der Waals surface area contributed by atoms with E-state index in [2.05, 4.69) is 17.6 Å². The van der Waals surface area contributed by atoms with Crippen LogP contribution in [0.4, 0.5) is 4.79 Å². The average molecular weight is 480 g/mol. The fourth-order valence-electron chi connectivity index (χ4n) is 3.44. The largest absolute Gasteiger partial charge is 0.508 e. The molecule has 0 aliphatic rings. The monoisotopic (exact) mass is 479 g/mol. The van der Waals surface area contributed by atoms with E-state index in [1.807, 2.05) is 0 Å². The van der Waals surface area contributed by atoms with E-state index in [0.717, 1.165) is 19.3 Å². The van der Waals surface area contributed by atoms with E-state index in [9.17, 15) is 24.6 Å². The van der Waals surface area contributed by atoms with E-state index in [4.69, 9.17) is 4.74 Å². The van der Waals surface area contributed by atoms with Crippen molar-refractivity contribution in [2.45, 2.75) is 91.0 Å². The third-order valence-electron chi connectivity index (χ3n) is 4.90. The molecule has 2 unspecified atom stereocenters. The van der Waals surface area contributed by atoms with Crippen molar-refractivity contribution < 1.29 is 29.3 Å². The molecule has 0 saturated carbocycles. The molecule has 0 aromatic heterocycles. The van der Waals surface area contributed by atoms with Gasteiger partial charge < -0.3 is 30.5 Å². The zero-order valence-electron chi connectivity index (χ0n) is 21.5. The van der Waals surface area contributed by atoms with Gasteiger partial charge in [-0.25, -0.2) is 4.79 Å². The van der Waals surface area contributed by atoms with Crippen LogP contribution in [0.25, 0.3) is 0 Å². The molecule has 0 spiro atoms. The molecule has 0 aliphatic heterocycles. The first-order valence-electron chi connectivity index (χ1n) is 11.7. The second-order valence-corrected chi connectivity index (χ2v) is 10.3. The fourth-order valence-corrected chi connectivity index (χ4v) is 3.44. The molecule has 9 nitrogen and oxygen atoms in total. The summed E-state index contributed by atoms with van der Waals surface area (Å²) in [6.07, 6.45) is 1.88. The molecule has 0 fully saturated rings. The van der Waals surface area contributed by atoms with Crippen LogP contribution in [0.5, 0.6) is 5.75 Å². The summed E-state index contributed by atoms with van der Waals surface area (Å²) in [7, 11) is 0. The van der Waals surface area contributed by atoms with Crippen molar-refractivity contribution in [1.29, 1.82) is 0 Å². The Kier molecular flexibility index (Phi) is 10.8. The molecule has 1 aromatic carbocycles. The Balaban J connectivity index is 3.37. The van der Waals surface area contributed by atoms with Crippen LogP contribution in [-0.4, -0.2) is 63.4 Å². The number of phenolic OH excluding ortho intramolecular Hbond substituents is 1. The highest BCUT2D eigenvalue weighted by Crippen LogP contribution is 2.31. The zero-order chi connectivity index (χ0) is 26.1. The van der Waals surface area contributed by atoms with Gasteiger partial charge in [0.25, 0.3) is 0 Å². The summed E-state index contributed by atoms with van der Waals surface area (Å²) in [5, 5.41) is 25.3. The van der Waals surface area contributed by atoms with E-state index in [-0.39, 0.29) is 5.75 Å². The molecule has 0 heterocycles. The molecule has 3 amide bonds. The standard InChI is InChI=1S/C25H41N3O6/c1-8-9-10-14-26-21(31)20(17-12-11-13-18(30)15-17)28(24(2,3)4)22(32)19(16-29)27-23(33)34-25(5,6)7/h11-13,15,19-20,29-30H,8-10,14,16H2,1-7H3,(H,26,31)(H,27,33). The summed E-state index contributed by atoms with van der Waals surface area (Å²) >= 11 is 0. The van der Waals surface area contributed by atoms with E-state index in [1.165, 1.54) is 17.0 Å². The molecule has 0 bridgehead atoms. The van der Waals surface area contributed by atoms with Crippen LogP contribution in [0, 0.1) is 0 Å². The van der Waals surface area contributed by atoms with Crippen LogP contribution in [0.15, 0.2) is 24.3 Å². The van der Waals surface area contributed by atoms with Crippen molar-refractivity contribution in [2.75, 3.05) is 13.2 Å². The van der Waals surface area contributed by atoms with Crippen LogP contribution in [0.3, 0.4) is 0 Å². The highest BCUT2D eigenvalue weighted by Gasteiger charge is 2.41. The van der Waals surface area contributed by atoms with Gasteiger partial charge in [-0.15, -0.1) is 0 Å². The maximum absolute atomic E-state index is 13.7. The third kappa shape index (κ3) is 9.21. The normalized spacial score (nSPS) is 13.5. The Labute approximate surface area is 202 Å². The second kappa shape index (κ2) is 12.6. The number of nitrogens with one attached hydrogen (secondary N) is 2. The topological polar surface area (TPSA) is 128 Å². The van der Waals surface area contributed by atoms with Gasteiger partial charge in [0.1, 0.15) is 23.4 Å². The number of carbonyl (C=O) groups is 3. The summed E-state index contributed by atoms with van der Waals surface area (Å²) in [6.45, 7) is 12.1. The maximum Gasteiger partial charge on any atom is 0.408 e. The highest BCUT2D eigenvalue weighted by atomic mass is 16.6. The lowest BCUT2D eigenvalue weighted by Crippen LogP contribution is -2.59. The molecule has 1 aromatic rings. The highest BCUT2D eigenvalue weighted by molar-refractivity contribution is 5.92. The second-order valence-electron chi connectivity index (χ2n) is 10.3. The summed E-state index contributed by atoms with van der Waals surface area (Å²) in [5.41, 5.74) is -1.26. The number of hydrogen-bond acceptors (Lipinski definition) is 6. The van der Waals surface area contributed by atoms with E-state index < -0.39 is 47.7 Å². The van der Waals surface area contributed by atoms with Crippen molar-refractivity contribution in [2.24, 2.45) is 0 Å². The number of amides is 3. The van der Waals surface area contributed by atoms with Gasteiger partial charge in [0.05, 0.1) is 6.61 Å². The number of phenols is 1. The van der Waals surface area contributed by atoms with Crippen LogP contribution < -0.4 is 10.6 Å². The summed E-state index contributed by atoms with van der Waals surface area (Å²) in [6, 6.07) is 3.71. The Morgan fingerprint density at radius 2 is 1.74 bits per heavy atom. The fraction of sp³-hybridized carbons (Fsp3) is 0.640. The van der Waals surface area contributed by atoms with Crippen LogP contribution in [0.2, 0.25) is 0 Å². The van der Waals surface area contributed by atoms with Gasteiger partial charge in [0.15, 0.2) is 0 Å². The van der Waals surface area contributed by atoms with Crippen LogP contribution in [0.1, 0.15) is 79.3 Å². The molecule has 2 atom stereocenters. The SMILES string of the molecule is CCCCCNC(=O)C(c1cccc(O)c1)N(C(=O)C(CO)NC(=O)OC(C)(C)C)C(C)(C)C. The number of aromatic hydroxyl groups is 1. The molecular weight excluding hydrogens is 438 g/mol. The van der Waals surface area contributed by atoms with Gasteiger partial charge in [0.2, 0.25) is 11.8 Å². The first kappa shape index (κ1) is 29.2. The number of benzene rings is 1. The number of unbranched alkanes of at least 4 members (excludes halogenated alkanes) is 2. The summed E-state index contributed by atoms with van der Waals surface area (Å²) in [4.78, 5) is 40.7. The van der Waals surface area contributed by atoms with Gasteiger partial charge in [-0.3, -0.25) is 9.59 Å². The molecule has 0 aliphatic carbocycles.